The van der Waals surface area contributed by atoms with Crippen LogP contribution >= 0.6 is 0 Å². The van der Waals surface area contributed by atoms with E-state index in [-0.39, 0.29) is 13.1 Å². The van der Waals surface area contributed by atoms with Gasteiger partial charge in [-0.25, -0.2) is 0 Å². The summed E-state index contributed by atoms with van der Waals surface area (Å²) in [4.78, 5) is 0. The highest BCUT2D eigenvalue weighted by Crippen LogP contribution is 2.32. The smallest absolute Gasteiger partial charge is 0.282 e. The number of nitrogens with zero attached hydrogens (tertiary/aromatic N) is 2. The van der Waals surface area contributed by atoms with Crippen LogP contribution in [0.4, 0.5) is 0 Å². The summed E-state index contributed by atoms with van der Waals surface area (Å²) in [6.07, 6.45) is 2.64. The summed E-state index contributed by atoms with van der Waals surface area (Å²) in [6, 6.07) is 0. The molecule has 0 saturated carbocycles. The van der Waals surface area contributed by atoms with Crippen LogP contribution in [-0.4, -0.2) is 53.9 Å². The molecule has 5 nitrogen and oxygen atoms in total. The van der Waals surface area contributed by atoms with Crippen LogP contribution in [0.2, 0.25) is 0 Å². The van der Waals surface area contributed by atoms with Gasteiger partial charge in [0.2, 0.25) is 0 Å². The quantitative estimate of drug-likeness (QED) is 0.842. The summed E-state index contributed by atoms with van der Waals surface area (Å²) in [5.41, 5.74) is -0.797. The summed E-state index contributed by atoms with van der Waals surface area (Å²) < 4.78 is 28.0. The summed E-state index contributed by atoms with van der Waals surface area (Å²) in [7, 11) is -3.37. The number of β-amino-alcohol motifs (C(OH)–C–C–N with tert-alkyl or cyclic N) is 1. The molecule has 2 aliphatic heterocycles. The van der Waals surface area contributed by atoms with Crippen molar-refractivity contribution in [2.24, 2.45) is 11.8 Å². The summed E-state index contributed by atoms with van der Waals surface area (Å²) in [5.74, 6) is 0.823. The topological polar surface area (TPSA) is 60.9 Å². The van der Waals surface area contributed by atoms with Crippen molar-refractivity contribution >= 4 is 10.2 Å². The molecule has 2 rings (SSSR count). The predicted molar refractivity (Wildman–Crippen MR) is 74.9 cm³/mol. The largest absolute Gasteiger partial charge is 0.387 e. The third-order valence-corrected chi connectivity index (χ3v) is 6.01. The van der Waals surface area contributed by atoms with Crippen LogP contribution in [0.5, 0.6) is 0 Å². The molecule has 2 atom stereocenters. The van der Waals surface area contributed by atoms with Crippen LogP contribution in [-0.2, 0) is 10.2 Å². The van der Waals surface area contributed by atoms with Crippen molar-refractivity contribution in [3.05, 3.63) is 0 Å². The molecule has 112 valence electrons. The van der Waals surface area contributed by atoms with Crippen molar-refractivity contribution in [3.63, 3.8) is 0 Å². The zero-order chi connectivity index (χ0) is 14.3. The fourth-order valence-electron chi connectivity index (χ4n) is 3.35. The Bertz CT molecular complexity index is 408. The maximum absolute atomic E-state index is 12.5. The normalized spacial score (nSPS) is 33.1. The van der Waals surface area contributed by atoms with Crippen LogP contribution in [0.3, 0.4) is 0 Å². The fraction of sp³-hybridized carbons (Fsp3) is 1.00. The van der Waals surface area contributed by atoms with Gasteiger partial charge in [-0.05, 0) is 24.7 Å². The molecule has 2 unspecified atom stereocenters. The monoisotopic (exact) mass is 290 g/mol. The standard InChI is InChI=1S/C13H26N2O3S/c1-4-5-13(16)9-15(10-13)19(17,18)14-7-11(2)6-12(3)8-14/h11-12,16H,4-10H2,1-3H3. The molecular weight excluding hydrogens is 264 g/mol. The molecule has 19 heavy (non-hydrogen) atoms. The number of rotatable bonds is 4. The third kappa shape index (κ3) is 3.12. The minimum Gasteiger partial charge on any atom is -0.387 e. The Morgan fingerprint density at radius 3 is 2.16 bits per heavy atom. The van der Waals surface area contributed by atoms with Gasteiger partial charge in [0.25, 0.3) is 10.2 Å². The second-order valence-corrected chi connectivity index (χ2v) is 8.44. The highest BCUT2D eigenvalue weighted by atomic mass is 32.2. The number of hydrogen-bond donors (Lipinski definition) is 1. The van der Waals surface area contributed by atoms with Crippen LogP contribution in [0.25, 0.3) is 0 Å². The van der Waals surface area contributed by atoms with E-state index in [0.29, 0.717) is 31.3 Å². The minimum absolute atomic E-state index is 0.252. The minimum atomic E-state index is -3.37. The van der Waals surface area contributed by atoms with Crippen molar-refractivity contribution < 1.29 is 13.5 Å². The zero-order valence-corrected chi connectivity index (χ0v) is 13.0. The molecule has 2 aliphatic rings. The Hall–Kier alpha value is -0.170. The fourth-order valence-corrected chi connectivity index (χ4v) is 5.37. The van der Waals surface area contributed by atoms with Gasteiger partial charge in [-0.2, -0.15) is 17.0 Å². The molecule has 2 heterocycles. The van der Waals surface area contributed by atoms with Crippen molar-refractivity contribution in [1.82, 2.24) is 8.61 Å². The van der Waals surface area contributed by atoms with Crippen molar-refractivity contribution in [2.75, 3.05) is 26.2 Å². The Morgan fingerprint density at radius 1 is 1.16 bits per heavy atom. The lowest BCUT2D eigenvalue weighted by molar-refractivity contribution is -0.0680. The van der Waals surface area contributed by atoms with E-state index >= 15 is 0 Å². The second-order valence-electron chi connectivity index (χ2n) is 6.51. The number of piperidine rings is 1. The second kappa shape index (κ2) is 5.31. The van der Waals surface area contributed by atoms with Gasteiger partial charge in [-0.3, -0.25) is 0 Å². The number of hydrogen-bond acceptors (Lipinski definition) is 3. The SMILES string of the molecule is CCCC1(O)CN(S(=O)(=O)N2CC(C)CC(C)C2)C1. The van der Waals surface area contributed by atoms with E-state index in [9.17, 15) is 13.5 Å². The Labute approximate surface area is 116 Å². The first-order valence-corrected chi connectivity index (χ1v) is 8.64. The summed E-state index contributed by atoms with van der Waals surface area (Å²) >= 11 is 0. The highest BCUT2D eigenvalue weighted by molar-refractivity contribution is 7.86. The van der Waals surface area contributed by atoms with Crippen LogP contribution < -0.4 is 0 Å². The van der Waals surface area contributed by atoms with E-state index in [1.165, 1.54) is 4.31 Å². The molecule has 0 amide bonds. The van der Waals surface area contributed by atoms with Gasteiger partial charge >= 0.3 is 0 Å². The molecule has 0 radical (unpaired) electrons. The first-order valence-electron chi connectivity index (χ1n) is 7.24. The van der Waals surface area contributed by atoms with Gasteiger partial charge in [0.1, 0.15) is 0 Å². The molecule has 0 aromatic rings. The van der Waals surface area contributed by atoms with Crippen LogP contribution in [0.15, 0.2) is 0 Å². The van der Waals surface area contributed by atoms with Gasteiger partial charge in [0.05, 0.1) is 5.60 Å². The predicted octanol–water partition coefficient (Wildman–Crippen LogP) is 1.06. The number of aliphatic hydroxyl groups is 1. The van der Waals surface area contributed by atoms with Gasteiger partial charge in [0.15, 0.2) is 0 Å². The molecule has 0 aromatic heterocycles. The van der Waals surface area contributed by atoms with Gasteiger partial charge < -0.3 is 5.11 Å². The van der Waals surface area contributed by atoms with Crippen molar-refractivity contribution in [3.8, 4) is 0 Å². The molecule has 1 N–H and O–H groups in total. The summed E-state index contributed by atoms with van der Waals surface area (Å²) in [6.45, 7) is 7.92. The van der Waals surface area contributed by atoms with Gasteiger partial charge in [-0.1, -0.05) is 27.2 Å². The maximum Gasteiger partial charge on any atom is 0.282 e. The van der Waals surface area contributed by atoms with E-state index in [1.807, 2.05) is 6.92 Å². The average molecular weight is 290 g/mol. The van der Waals surface area contributed by atoms with E-state index in [1.54, 1.807) is 4.31 Å². The molecule has 0 aromatic carbocycles. The average Bonchev–Trinajstić information content (AvgIpc) is 2.24. The lowest BCUT2D eigenvalue weighted by Crippen LogP contribution is -2.66. The van der Waals surface area contributed by atoms with Crippen molar-refractivity contribution in [2.45, 2.75) is 45.6 Å². The van der Waals surface area contributed by atoms with Crippen LogP contribution in [0.1, 0.15) is 40.0 Å². The lowest BCUT2D eigenvalue weighted by Gasteiger charge is -2.48. The Kier molecular flexibility index (Phi) is 4.26. The van der Waals surface area contributed by atoms with Gasteiger partial charge in [0, 0.05) is 26.2 Å². The molecule has 0 bridgehead atoms. The molecule has 2 saturated heterocycles. The van der Waals surface area contributed by atoms with E-state index in [4.69, 9.17) is 0 Å². The first-order chi connectivity index (χ1) is 8.77. The van der Waals surface area contributed by atoms with Gasteiger partial charge in [-0.15, -0.1) is 0 Å². The molecule has 2 fully saturated rings. The third-order valence-electron chi connectivity index (χ3n) is 4.14. The van der Waals surface area contributed by atoms with E-state index in [0.717, 1.165) is 12.8 Å². The Balaban J connectivity index is 2.00. The molecular formula is C13H26N2O3S. The van der Waals surface area contributed by atoms with Crippen LogP contribution in [0, 0.1) is 11.8 Å². The highest BCUT2D eigenvalue weighted by Gasteiger charge is 2.48. The van der Waals surface area contributed by atoms with E-state index in [2.05, 4.69) is 13.8 Å². The Morgan fingerprint density at radius 2 is 1.68 bits per heavy atom. The molecule has 0 aliphatic carbocycles. The zero-order valence-electron chi connectivity index (χ0n) is 12.2. The van der Waals surface area contributed by atoms with Crippen molar-refractivity contribution in [1.29, 1.82) is 0 Å². The summed E-state index contributed by atoms with van der Waals surface area (Å²) in [5, 5.41) is 10.1. The molecule has 0 spiro atoms. The van der Waals surface area contributed by atoms with E-state index < -0.39 is 15.8 Å². The molecule has 6 heteroatoms. The lowest BCUT2D eigenvalue weighted by atomic mass is 9.92. The maximum atomic E-state index is 12.5. The first kappa shape index (κ1) is 15.2.